The highest BCUT2D eigenvalue weighted by atomic mass is 35.5. The minimum absolute atomic E-state index is 0.248. The molecule has 0 spiro atoms. The predicted molar refractivity (Wildman–Crippen MR) is 113 cm³/mol. The fourth-order valence-electron chi connectivity index (χ4n) is 2.72. The van der Waals surface area contributed by atoms with Gasteiger partial charge in [-0.2, -0.15) is 19.4 Å². The van der Waals surface area contributed by atoms with Gasteiger partial charge in [0.05, 0.1) is 18.3 Å². The average Bonchev–Trinajstić information content (AvgIpc) is 2.82. The fraction of sp³-hybridized carbons (Fsp3) is 0.143. The van der Waals surface area contributed by atoms with Crippen molar-refractivity contribution in [3.63, 3.8) is 0 Å². The number of ether oxygens (including phenoxy) is 3. The van der Waals surface area contributed by atoms with Gasteiger partial charge in [-0.3, -0.25) is 15.2 Å². The number of hydrogen-bond donors (Lipinski definition) is 1. The van der Waals surface area contributed by atoms with Crippen molar-refractivity contribution in [2.24, 2.45) is 0 Å². The summed E-state index contributed by atoms with van der Waals surface area (Å²) in [6.45, 7) is 0.649. The number of para-hydroxylation sites is 3. The maximum atomic E-state index is 15.1. The predicted octanol–water partition coefficient (Wildman–Crippen LogP) is 4.57. The van der Waals surface area contributed by atoms with Gasteiger partial charge in [0.25, 0.3) is 11.8 Å². The molecule has 4 rings (SSSR count). The average molecular weight is 461 g/mol. The maximum absolute atomic E-state index is 15.1. The van der Waals surface area contributed by atoms with Crippen LogP contribution in [0.2, 0.25) is 5.02 Å². The fourth-order valence-corrected chi connectivity index (χ4v) is 2.90. The van der Waals surface area contributed by atoms with Crippen LogP contribution in [0.4, 0.5) is 10.1 Å². The van der Waals surface area contributed by atoms with Crippen LogP contribution in [0, 0.1) is 5.82 Å². The first-order valence-electron chi connectivity index (χ1n) is 9.41. The highest BCUT2D eigenvalue weighted by Crippen LogP contribution is 2.37. The van der Waals surface area contributed by atoms with Crippen molar-refractivity contribution in [1.82, 2.24) is 15.4 Å². The number of rotatable bonds is 7. The molecule has 32 heavy (non-hydrogen) atoms. The molecule has 1 aliphatic rings. The molecule has 2 heterocycles. The van der Waals surface area contributed by atoms with Gasteiger partial charge in [0.1, 0.15) is 31.0 Å². The molecule has 11 heteroatoms. The maximum Gasteiger partial charge on any atom is 0.263 e. The molecule has 0 amide bonds. The summed E-state index contributed by atoms with van der Waals surface area (Å²) in [5, 5.41) is 1.70. The van der Waals surface area contributed by atoms with Crippen LogP contribution in [0.1, 0.15) is 0 Å². The Kier molecular flexibility index (Phi) is 6.85. The van der Waals surface area contributed by atoms with E-state index in [2.05, 4.69) is 15.4 Å². The van der Waals surface area contributed by atoms with Gasteiger partial charge in [-0.25, -0.2) is 0 Å². The van der Waals surface area contributed by atoms with Gasteiger partial charge in [-0.05, 0) is 24.3 Å². The monoisotopic (exact) mass is 460 g/mol. The molecule has 1 N–H and O–H groups in total. The van der Waals surface area contributed by atoms with Crippen LogP contribution in [0.15, 0.2) is 66.9 Å². The van der Waals surface area contributed by atoms with Crippen LogP contribution in [0.25, 0.3) is 0 Å². The molecule has 1 fully saturated rings. The molecule has 2 aromatic carbocycles. The zero-order chi connectivity index (χ0) is 22.3. The number of anilines is 1. The molecule has 3 aromatic rings. The summed E-state index contributed by atoms with van der Waals surface area (Å²) in [7, 11) is 1.46. The Morgan fingerprint density at radius 2 is 1.72 bits per heavy atom. The lowest BCUT2D eigenvalue weighted by atomic mass is 10.3. The first kappa shape index (κ1) is 21.6. The molecule has 0 atom stereocenters. The van der Waals surface area contributed by atoms with E-state index in [0.717, 1.165) is 6.33 Å². The van der Waals surface area contributed by atoms with E-state index in [9.17, 15) is 0 Å². The van der Waals surface area contributed by atoms with E-state index in [0.29, 0.717) is 29.8 Å². The van der Waals surface area contributed by atoms with E-state index in [-0.39, 0.29) is 23.3 Å². The molecule has 0 saturated carbocycles. The number of nitrogens with one attached hydrogen (secondary N) is 1. The van der Waals surface area contributed by atoms with E-state index in [1.165, 1.54) is 18.4 Å². The first-order valence-corrected chi connectivity index (χ1v) is 9.79. The smallest absolute Gasteiger partial charge is 0.263 e. The zero-order valence-electron chi connectivity index (χ0n) is 16.8. The number of hydroxylamine groups is 2. The highest BCUT2D eigenvalue weighted by molar-refractivity contribution is 6.32. The Balaban J connectivity index is 1.62. The van der Waals surface area contributed by atoms with Crippen LogP contribution < -0.4 is 20.0 Å². The molecular formula is C21H18ClFN4O5. The second kappa shape index (κ2) is 10.1. The van der Waals surface area contributed by atoms with Crippen molar-refractivity contribution >= 4 is 17.3 Å². The molecule has 1 aliphatic heterocycles. The molecular weight excluding hydrogens is 443 g/mol. The third-order valence-corrected chi connectivity index (χ3v) is 4.43. The third kappa shape index (κ3) is 4.83. The quantitative estimate of drug-likeness (QED) is 0.509. The van der Waals surface area contributed by atoms with Gasteiger partial charge in [0.2, 0.25) is 11.7 Å². The lowest BCUT2D eigenvalue weighted by molar-refractivity contribution is -0.0123. The standard InChI is InChI=1S/C21H18ClFN4O5/c1-28-26-12-18-27(30-11-10-29-18)15-7-3-5-9-17(15)32-21-19(23)20(24-13-25-21)31-16-8-4-2-6-14(16)22/h2-9,12-13,26H,10-11H2,1H3. The minimum atomic E-state index is -0.894. The van der Waals surface area contributed by atoms with Crippen molar-refractivity contribution in [2.75, 3.05) is 25.4 Å². The molecule has 9 nitrogen and oxygen atoms in total. The summed E-state index contributed by atoms with van der Waals surface area (Å²) in [6, 6.07) is 13.5. The van der Waals surface area contributed by atoms with Crippen molar-refractivity contribution in [3.05, 3.63) is 77.8 Å². The molecule has 0 aliphatic carbocycles. The number of halogens is 2. The van der Waals surface area contributed by atoms with E-state index < -0.39 is 5.82 Å². The van der Waals surface area contributed by atoms with Gasteiger partial charge in [0, 0.05) is 0 Å². The summed E-state index contributed by atoms with van der Waals surface area (Å²) in [5.74, 6) is -0.745. The number of benzene rings is 2. The number of aromatic nitrogens is 2. The van der Waals surface area contributed by atoms with Gasteiger partial charge in [0.15, 0.2) is 5.75 Å². The normalized spacial score (nSPS) is 14.7. The minimum Gasteiger partial charge on any atom is -0.474 e. The van der Waals surface area contributed by atoms with E-state index in [4.69, 9.17) is 35.5 Å². The molecule has 0 bridgehead atoms. The van der Waals surface area contributed by atoms with E-state index >= 15 is 4.39 Å². The highest BCUT2D eigenvalue weighted by Gasteiger charge is 2.24. The molecule has 1 saturated heterocycles. The summed E-state index contributed by atoms with van der Waals surface area (Å²) in [5.41, 5.74) is 3.02. The van der Waals surface area contributed by atoms with Gasteiger partial charge in [-0.15, -0.1) is 0 Å². The Bertz CT molecular complexity index is 1120. The SMILES string of the molecule is CONC=C1OCCON1c1ccccc1Oc1ncnc(Oc2ccccc2Cl)c1F. The Labute approximate surface area is 187 Å². The third-order valence-electron chi connectivity index (χ3n) is 4.11. The second-order valence-corrected chi connectivity index (χ2v) is 6.59. The zero-order valence-corrected chi connectivity index (χ0v) is 17.6. The summed E-state index contributed by atoms with van der Waals surface area (Å²) < 4.78 is 31.9. The van der Waals surface area contributed by atoms with Crippen LogP contribution >= 0.6 is 11.6 Å². The summed E-state index contributed by atoms with van der Waals surface area (Å²) in [4.78, 5) is 18.3. The van der Waals surface area contributed by atoms with Crippen LogP contribution in [-0.4, -0.2) is 30.3 Å². The van der Waals surface area contributed by atoms with Crippen LogP contribution in [0.5, 0.6) is 23.3 Å². The summed E-state index contributed by atoms with van der Waals surface area (Å²) >= 11 is 6.08. The van der Waals surface area contributed by atoms with Crippen LogP contribution in [0.3, 0.4) is 0 Å². The van der Waals surface area contributed by atoms with Crippen molar-refractivity contribution < 1.29 is 28.3 Å². The molecule has 0 unspecified atom stereocenters. The van der Waals surface area contributed by atoms with Gasteiger partial charge >= 0.3 is 0 Å². The molecule has 166 valence electrons. The Hall–Kier alpha value is -3.60. The van der Waals surface area contributed by atoms with Gasteiger partial charge < -0.3 is 14.2 Å². The lowest BCUT2D eigenvalue weighted by Gasteiger charge is -2.31. The van der Waals surface area contributed by atoms with E-state index in [1.807, 2.05) is 0 Å². The second-order valence-electron chi connectivity index (χ2n) is 6.18. The van der Waals surface area contributed by atoms with Gasteiger partial charge in [-0.1, -0.05) is 35.9 Å². The van der Waals surface area contributed by atoms with Crippen molar-refractivity contribution in [2.45, 2.75) is 0 Å². The van der Waals surface area contributed by atoms with E-state index in [1.54, 1.807) is 48.5 Å². The molecule has 0 radical (unpaired) electrons. The Morgan fingerprint density at radius 1 is 1.03 bits per heavy atom. The van der Waals surface area contributed by atoms with Crippen molar-refractivity contribution in [1.29, 1.82) is 0 Å². The summed E-state index contributed by atoms with van der Waals surface area (Å²) in [6.07, 6.45) is 2.60. The largest absolute Gasteiger partial charge is 0.474 e. The van der Waals surface area contributed by atoms with Crippen molar-refractivity contribution in [3.8, 4) is 23.3 Å². The number of nitrogens with zero attached hydrogens (tertiary/aromatic N) is 3. The lowest BCUT2D eigenvalue weighted by Crippen LogP contribution is -2.33. The number of hydrogen-bond acceptors (Lipinski definition) is 9. The first-order chi connectivity index (χ1) is 15.7. The van der Waals surface area contributed by atoms with Crippen LogP contribution in [-0.2, 0) is 14.4 Å². The Morgan fingerprint density at radius 3 is 2.47 bits per heavy atom. The topological polar surface area (TPSA) is 87.2 Å². The molecule has 1 aromatic heterocycles.